The first-order valence-electron chi connectivity index (χ1n) is 12.5. The van der Waals surface area contributed by atoms with Crippen LogP contribution in [0.1, 0.15) is 19.1 Å². The van der Waals surface area contributed by atoms with E-state index >= 15 is 0 Å². The van der Waals surface area contributed by atoms with E-state index in [2.05, 4.69) is 36.6 Å². The topological polar surface area (TPSA) is 292 Å². The molecule has 2 aliphatic heterocycles. The van der Waals surface area contributed by atoms with Crippen molar-refractivity contribution in [2.45, 2.75) is 49.7 Å². The zero-order chi connectivity index (χ0) is 30.3. The molecular weight excluding hydrogens is 583 g/mol. The minimum atomic E-state index is -4.70. The van der Waals surface area contributed by atoms with E-state index in [0.717, 1.165) is 0 Å². The van der Waals surface area contributed by atoms with E-state index in [0.29, 0.717) is 0 Å². The zero-order valence-corrected chi connectivity index (χ0v) is 23.0. The number of nitrogens with one attached hydrogen (secondary N) is 2. The lowest BCUT2D eigenvalue weighted by Crippen LogP contribution is -2.34. The van der Waals surface area contributed by atoms with Crippen LogP contribution in [0.25, 0.3) is 11.2 Å². The number of anilines is 3. The maximum atomic E-state index is 12.6. The van der Waals surface area contributed by atoms with Crippen LogP contribution in [0.5, 0.6) is 0 Å². The van der Waals surface area contributed by atoms with Gasteiger partial charge in [-0.05, 0) is 6.72 Å². The van der Waals surface area contributed by atoms with Crippen LogP contribution in [-0.4, -0.2) is 102 Å². The first-order valence-corrected chi connectivity index (χ1v) is 14.0. The molecule has 2 fully saturated rings. The predicted molar refractivity (Wildman–Crippen MR) is 145 cm³/mol. The molecule has 5 rings (SSSR count). The Morgan fingerprint density at radius 2 is 1.74 bits per heavy atom. The van der Waals surface area contributed by atoms with Gasteiger partial charge in [0.05, 0.1) is 31.7 Å². The first kappa shape index (κ1) is 29.7. The van der Waals surface area contributed by atoms with Crippen LogP contribution in [0, 0.1) is 0 Å². The van der Waals surface area contributed by atoms with Crippen LogP contribution >= 0.6 is 7.82 Å². The number of nitrogens with two attached hydrogens (primary N) is 2. The van der Waals surface area contributed by atoms with Crippen molar-refractivity contribution >= 4 is 49.1 Å². The van der Waals surface area contributed by atoms with Crippen molar-refractivity contribution in [3.63, 3.8) is 0 Å². The molecule has 0 amide bonds. The zero-order valence-electron chi connectivity index (χ0n) is 22.1. The monoisotopic (exact) mass is 612 g/mol. The molecule has 0 spiro atoms. The smallest absolute Gasteiger partial charge is 0.390 e. The fourth-order valence-electron chi connectivity index (χ4n) is 4.67. The number of aliphatic hydroxyl groups is 2. The van der Waals surface area contributed by atoms with Crippen molar-refractivity contribution in [2.75, 3.05) is 36.6 Å². The number of rotatable bonds is 10. The molecule has 3 unspecified atom stereocenters. The van der Waals surface area contributed by atoms with Gasteiger partial charge in [-0.3, -0.25) is 38.2 Å². The van der Waals surface area contributed by atoms with Crippen molar-refractivity contribution in [3.05, 3.63) is 27.0 Å². The molecule has 228 valence electrons. The van der Waals surface area contributed by atoms with Crippen LogP contribution < -0.4 is 27.5 Å². The molecule has 2 saturated heterocycles. The van der Waals surface area contributed by atoms with Crippen molar-refractivity contribution in [1.82, 2.24) is 29.5 Å². The number of H-pyrrole nitrogens is 2. The second-order valence-corrected chi connectivity index (χ2v) is 11.0. The summed E-state index contributed by atoms with van der Waals surface area (Å²) in [6.45, 7) is 2.30. The maximum Gasteiger partial charge on any atom is 0.472 e. The fourth-order valence-corrected chi connectivity index (χ4v) is 5.41. The molecule has 42 heavy (non-hydrogen) atoms. The number of phosphoric ester groups is 1. The van der Waals surface area contributed by atoms with Crippen molar-refractivity contribution in [2.24, 2.45) is 4.99 Å². The number of imidazole rings is 1. The molecule has 21 heteroatoms. The summed E-state index contributed by atoms with van der Waals surface area (Å²) in [7, 11) is -3.16. The third-order valence-electron chi connectivity index (χ3n) is 6.79. The highest BCUT2D eigenvalue weighted by molar-refractivity contribution is 7.47. The summed E-state index contributed by atoms with van der Waals surface area (Å²) in [4.78, 5) is 56.2. The Labute approximate surface area is 235 Å². The highest BCUT2D eigenvalue weighted by atomic mass is 31.2. The van der Waals surface area contributed by atoms with E-state index in [9.17, 15) is 29.3 Å². The molecule has 5 heterocycles. The summed E-state index contributed by atoms with van der Waals surface area (Å²) in [5.74, 6) is -0.233. The second-order valence-electron chi connectivity index (χ2n) is 9.59. The van der Waals surface area contributed by atoms with E-state index in [-0.39, 0.29) is 47.4 Å². The maximum absolute atomic E-state index is 12.6. The Balaban J connectivity index is 1.16. The number of fused-ring (bicyclic) bond motifs is 1. The standard InChI is InChI=1S/C21H29N10O10P/c1-24-14-16(26-20(22)28-18(14)34)30(2)12-3-8(32)10(40-12)5-38-42(36,37)39-6-11-9(33)4-13(41-11)31-7-25-15-17(31)27-21(23)29-19(15)35/h7-13,32-33H,1,3-6H2,2H3,(H,36,37)(H3,22,26,28,34)(H3,23,27,29,35)/t8?,9?,10-,11-,12-,13-/m1/s1. The van der Waals surface area contributed by atoms with Gasteiger partial charge in [0.15, 0.2) is 22.7 Å². The lowest BCUT2D eigenvalue weighted by atomic mass is 10.2. The second kappa shape index (κ2) is 11.5. The minimum Gasteiger partial charge on any atom is -0.390 e. The van der Waals surface area contributed by atoms with Crippen LogP contribution in [0.15, 0.2) is 20.9 Å². The van der Waals surface area contributed by atoms with E-state index in [4.69, 9.17) is 30.0 Å². The average Bonchev–Trinajstić information content (AvgIpc) is 3.62. The van der Waals surface area contributed by atoms with Crippen molar-refractivity contribution in [1.29, 1.82) is 0 Å². The third-order valence-corrected chi connectivity index (χ3v) is 7.74. The number of hydrogen-bond acceptors (Lipinski definition) is 16. The summed E-state index contributed by atoms with van der Waals surface area (Å²) in [6, 6.07) is 0. The lowest BCUT2D eigenvalue weighted by Gasteiger charge is -2.26. The molecule has 0 aromatic carbocycles. The number of aromatic amines is 2. The Morgan fingerprint density at radius 1 is 1.12 bits per heavy atom. The average molecular weight is 612 g/mol. The number of nitrogen functional groups attached to an aromatic ring is 2. The van der Waals surface area contributed by atoms with E-state index < -0.39 is 69.0 Å². The number of aromatic nitrogens is 6. The number of ether oxygens (including phenoxy) is 2. The van der Waals surface area contributed by atoms with Crippen LogP contribution in [0.3, 0.4) is 0 Å². The van der Waals surface area contributed by atoms with Gasteiger partial charge in [0.25, 0.3) is 11.1 Å². The summed E-state index contributed by atoms with van der Waals surface area (Å²) >= 11 is 0. The van der Waals surface area contributed by atoms with Gasteiger partial charge >= 0.3 is 7.82 Å². The number of nitrogens with zero attached hydrogens (tertiary/aromatic N) is 6. The molecule has 0 aliphatic carbocycles. The van der Waals surface area contributed by atoms with Gasteiger partial charge in [-0.15, -0.1) is 0 Å². The molecule has 3 aromatic heterocycles. The van der Waals surface area contributed by atoms with Gasteiger partial charge in [0.1, 0.15) is 24.7 Å². The van der Waals surface area contributed by atoms with Gasteiger partial charge in [-0.25, -0.2) is 9.55 Å². The van der Waals surface area contributed by atoms with E-state index in [1.54, 1.807) is 0 Å². The van der Waals surface area contributed by atoms with Gasteiger partial charge in [0.2, 0.25) is 11.9 Å². The highest BCUT2D eigenvalue weighted by Gasteiger charge is 2.41. The Bertz CT molecular complexity index is 1640. The van der Waals surface area contributed by atoms with E-state index in [1.807, 2.05) is 0 Å². The highest BCUT2D eigenvalue weighted by Crippen LogP contribution is 2.45. The summed E-state index contributed by atoms with van der Waals surface area (Å²) in [5.41, 5.74) is 10.1. The molecule has 20 nitrogen and oxygen atoms in total. The largest absolute Gasteiger partial charge is 0.472 e. The van der Waals surface area contributed by atoms with Gasteiger partial charge in [-0.1, -0.05) is 0 Å². The Morgan fingerprint density at radius 3 is 2.43 bits per heavy atom. The van der Waals surface area contributed by atoms with E-state index in [1.165, 1.54) is 22.8 Å². The third kappa shape index (κ3) is 5.92. The molecule has 9 N–H and O–H groups in total. The Kier molecular flexibility index (Phi) is 8.14. The number of aliphatic imine (C=N–C) groups is 1. The predicted octanol–water partition coefficient (Wildman–Crippen LogP) is -1.91. The normalized spacial score (nSPS) is 27.3. The number of phosphoric acid groups is 1. The molecular formula is C21H29N10O10P. The molecule has 3 aromatic rings. The van der Waals surface area contributed by atoms with Crippen LogP contribution in [0.4, 0.5) is 23.4 Å². The lowest BCUT2D eigenvalue weighted by molar-refractivity contribution is -0.0499. The van der Waals surface area contributed by atoms with Crippen LogP contribution in [-0.2, 0) is 23.1 Å². The SMILES string of the molecule is C=Nc1c(N(C)[C@H]2CC(O)[C@@H](COP(=O)(O)OC[C@H]3O[C@@H](n4cnc5c(=O)[nH]c(N)nc54)CC3O)O2)nc(N)[nH]c1=O. The van der Waals surface area contributed by atoms with Crippen molar-refractivity contribution in [3.8, 4) is 0 Å². The molecule has 7 atom stereocenters. The van der Waals surface area contributed by atoms with Gasteiger partial charge in [-0.2, -0.15) is 9.97 Å². The van der Waals surface area contributed by atoms with Gasteiger partial charge < -0.3 is 40.9 Å². The quantitative estimate of drug-likeness (QED) is 0.0971. The molecule has 0 radical (unpaired) electrons. The number of hydrogen-bond donors (Lipinski definition) is 7. The molecule has 0 bridgehead atoms. The molecule has 0 saturated carbocycles. The summed E-state index contributed by atoms with van der Waals surface area (Å²) in [6.07, 6.45) is -4.56. The van der Waals surface area contributed by atoms with Crippen molar-refractivity contribution < 1.29 is 38.2 Å². The number of aliphatic hydroxyl groups excluding tert-OH is 2. The minimum absolute atomic E-state index is 0.0237. The molecule has 2 aliphatic rings. The Hall–Kier alpha value is -3.75. The fraction of sp³-hybridized carbons (Fsp3) is 0.524. The van der Waals surface area contributed by atoms with Crippen LogP contribution in [0.2, 0.25) is 0 Å². The van der Waals surface area contributed by atoms with Gasteiger partial charge in [0, 0.05) is 19.9 Å². The first-order chi connectivity index (χ1) is 19.9. The summed E-state index contributed by atoms with van der Waals surface area (Å²) in [5, 5.41) is 20.9. The summed E-state index contributed by atoms with van der Waals surface area (Å²) < 4.78 is 35.6.